The summed E-state index contributed by atoms with van der Waals surface area (Å²) in [4.78, 5) is 12.5. The van der Waals surface area contributed by atoms with Crippen molar-refractivity contribution in [2.45, 2.75) is 30.2 Å². The van der Waals surface area contributed by atoms with Crippen LogP contribution < -0.4 is 19.5 Å². The molecule has 172 valence electrons. The Kier molecular flexibility index (Phi) is 6.84. The highest BCUT2D eigenvalue weighted by atomic mass is 32.2. The lowest BCUT2D eigenvalue weighted by molar-refractivity contribution is -0.124. The average Bonchev–Trinajstić information content (AvgIpc) is 2.83. The molecule has 3 aromatic rings. The first-order valence-electron chi connectivity index (χ1n) is 10.7. The minimum absolute atomic E-state index is 0.0127. The summed E-state index contributed by atoms with van der Waals surface area (Å²) in [6, 6.07) is 20.7. The monoisotopic (exact) mass is 466 g/mol. The summed E-state index contributed by atoms with van der Waals surface area (Å²) >= 11 is 0. The predicted molar refractivity (Wildman–Crippen MR) is 126 cm³/mol. The normalized spacial score (nSPS) is 15.2. The number of carbonyl (C=O) groups excluding carboxylic acids is 1. The van der Waals surface area contributed by atoms with Crippen LogP contribution >= 0.6 is 0 Å². The van der Waals surface area contributed by atoms with Gasteiger partial charge in [0.1, 0.15) is 11.5 Å². The molecule has 1 atom stereocenters. The van der Waals surface area contributed by atoms with Gasteiger partial charge in [-0.3, -0.25) is 9.52 Å². The largest absolute Gasteiger partial charge is 0.497 e. The van der Waals surface area contributed by atoms with Crippen molar-refractivity contribution < 1.29 is 22.7 Å². The molecule has 1 aliphatic carbocycles. The Labute approximate surface area is 193 Å². The maximum Gasteiger partial charge on any atom is 0.261 e. The van der Waals surface area contributed by atoms with Crippen molar-refractivity contribution in [2.75, 3.05) is 18.4 Å². The first-order chi connectivity index (χ1) is 15.9. The lowest BCUT2D eigenvalue weighted by Gasteiger charge is -2.26. The molecule has 1 amide bonds. The smallest absolute Gasteiger partial charge is 0.261 e. The average molecular weight is 467 g/mol. The van der Waals surface area contributed by atoms with Gasteiger partial charge in [0.05, 0.1) is 23.7 Å². The molecule has 0 unspecified atom stereocenters. The lowest BCUT2D eigenvalue weighted by atomic mass is 9.88. The van der Waals surface area contributed by atoms with Crippen LogP contribution in [0.5, 0.6) is 11.5 Å². The Bertz CT molecular complexity index is 1230. The predicted octanol–water partition coefficient (Wildman–Crippen LogP) is 4.07. The van der Waals surface area contributed by atoms with Crippen molar-refractivity contribution in [3.05, 3.63) is 83.9 Å². The number of nitrogens with one attached hydrogen (secondary N) is 2. The van der Waals surface area contributed by atoms with Crippen molar-refractivity contribution in [2.24, 2.45) is 0 Å². The quantitative estimate of drug-likeness (QED) is 0.522. The summed E-state index contributed by atoms with van der Waals surface area (Å²) in [5, 5.41) is 3.04. The number of amides is 1. The van der Waals surface area contributed by atoms with Crippen molar-refractivity contribution in [1.29, 1.82) is 0 Å². The molecule has 33 heavy (non-hydrogen) atoms. The standard InChI is InChI=1S/C25H26N2O5S/c1-31-21-9-5-8-19(16-21)27-33(29,30)22-14-12-20(13-15-22)32-17-25(28)26-24-11-4-7-18-6-2-3-10-23(18)24/h2-3,5-6,8-10,12-16,24,27H,4,7,11,17H2,1H3,(H,26,28)/t24-/m0/s1. The minimum Gasteiger partial charge on any atom is -0.497 e. The number of rotatable bonds is 8. The summed E-state index contributed by atoms with van der Waals surface area (Å²) in [5.74, 6) is 0.747. The molecular formula is C25H26N2O5S. The molecule has 0 fully saturated rings. The fraction of sp³-hybridized carbons (Fsp3) is 0.240. The fourth-order valence-corrected chi connectivity index (χ4v) is 4.95. The Morgan fingerprint density at radius 2 is 1.79 bits per heavy atom. The number of methoxy groups -OCH3 is 1. The van der Waals surface area contributed by atoms with Crippen LogP contribution in [-0.2, 0) is 21.2 Å². The number of ether oxygens (including phenoxy) is 2. The molecule has 4 rings (SSSR count). The fourth-order valence-electron chi connectivity index (χ4n) is 3.90. The van der Waals surface area contributed by atoms with Crippen molar-refractivity contribution in [3.63, 3.8) is 0 Å². The van der Waals surface area contributed by atoms with Gasteiger partial charge in [0, 0.05) is 6.07 Å². The SMILES string of the molecule is COc1cccc(NS(=O)(=O)c2ccc(OCC(=O)N[C@H]3CCCc4ccccc43)cc2)c1. The number of aryl methyl sites for hydroxylation is 1. The molecule has 0 saturated carbocycles. The second kappa shape index (κ2) is 9.95. The van der Waals surface area contributed by atoms with Crippen LogP contribution in [0.25, 0.3) is 0 Å². The van der Waals surface area contributed by atoms with Crippen LogP contribution in [0.2, 0.25) is 0 Å². The Morgan fingerprint density at radius 3 is 2.58 bits per heavy atom. The number of hydrogen-bond donors (Lipinski definition) is 2. The zero-order valence-electron chi connectivity index (χ0n) is 18.3. The van der Waals surface area contributed by atoms with E-state index in [1.807, 2.05) is 12.1 Å². The maximum atomic E-state index is 12.6. The highest BCUT2D eigenvalue weighted by molar-refractivity contribution is 7.92. The van der Waals surface area contributed by atoms with E-state index in [0.717, 1.165) is 24.8 Å². The van der Waals surface area contributed by atoms with Gasteiger partial charge in [-0.2, -0.15) is 0 Å². The van der Waals surface area contributed by atoms with E-state index >= 15 is 0 Å². The number of benzene rings is 3. The highest BCUT2D eigenvalue weighted by Gasteiger charge is 2.21. The third kappa shape index (κ3) is 5.64. The van der Waals surface area contributed by atoms with Gasteiger partial charge in [-0.15, -0.1) is 0 Å². The van der Waals surface area contributed by atoms with E-state index in [2.05, 4.69) is 22.2 Å². The van der Waals surface area contributed by atoms with Crippen LogP contribution in [0, 0.1) is 0 Å². The molecule has 2 N–H and O–H groups in total. The second-order valence-corrected chi connectivity index (χ2v) is 9.49. The highest BCUT2D eigenvalue weighted by Crippen LogP contribution is 2.29. The van der Waals surface area contributed by atoms with Crippen molar-refractivity contribution >= 4 is 21.6 Å². The van der Waals surface area contributed by atoms with Gasteiger partial charge in [0.15, 0.2) is 6.61 Å². The summed E-state index contributed by atoms with van der Waals surface area (Å²) in [6.45, 7) is -0.146. The van der Waals surface area contributed by atoms with Crippen molar-refractivity contribution in [1.82, 2.24) is 5.32 Å². The lowest BCUT2D eigenvalue weighted by Crippen LogP contribution is -2.34. The molecule has 0 saturated heterocycles. The number of carbonyl (C=O) groups is 1. The van der Waals surface area contributed by atoms with Crippen LogP contribution in [0.3, 0.4) is 0 Å². The second-order valence-electron chi connectivity index (χ2n) is 7.81. The van der Waals surface area contributed by atoms with Gasteiger partial charge < -0.3 is 14.8 Å². The van der Waals surface area contributed by atoms with Gasteiger partial charge in [0.25, 0.3) is 15.9 Å². The summed E-state index contributed by atoms with van der Waals surface area (Å²) < 4.78 is 38.5. The Hall–Kier alpha value is -3.52. The molecular weight excluding hydrogens is 440 g/mol. The van der Waals surface area contributed by atoms with Gasteiger partial charge in [-0.05, 0) is 66.8 Å². The molecule has 0 heterocycles. The van der Waals surface area contributed by atoms with Crippen LogP contribution in [0.4, 0.5) is 5.69 Å². The number of fused-ring (bicyclic) bond motifs is 1. The van der Waals surface area contributed by atoms with Crippen LogP contribution in [0.1, 0.15) is 30.0 Å². The van der Waals surface area contributed by atoms with Crippen LogP contribution in [0.15, 0.2) is 77.7 Å². The minimum atomic E-state index is -3.77. The summed E-state index contributed by atoms with van der Waals surface area (Å²) in [6.07, 6.45) is 2.96. The molecule has 0 aromatic heterocycles. The number of anilines is 1. The van der Waals surface area contributed by atoms with E-state index in [9.17, 15) is 13.2 Å². The number of sulfonamides is 1. The molecule has 0 spiro atoms. The Morgan fingerprint density at radius 1 is 1.00 bits per heavy atom. The summed E-state index contributed by atoms with van der Waals surface area (Å²) in [5.41, 5.74) is 2.83. The van der Waals surface area contributed by atoms with E-state index in [1.54, 1.807) is 24.3 Å². The van der Waals surface area contributed by atoms with E-state index in [4.69, 9.17) is 9.47 Å². The topological polar surface area (TPSA) is 93.7 Å². The maximum absolute atomic E-state index is 12.6. The third-order valence-electron chi connectivity index (χ3n) is 5.53. The molecule has 0 bridgehead atoms. The van der Waals surface area contributed by atoms with E-state index < -0.39 is 10.0 Å². The van der Waals surface area contributed by atoms with E-state index in [-0.39, 0.29) is 23.5 Å². The van der Waals surface area contributed by atoms with Crippen LogP contribution in [-0.4, -0.2) is 28.0 Å². The molecule has 3 aromatic carbocycles. The van der Waals surface area contributed by atoms with E-state index in [1.165, 1.54) is 36.9 Å². The zero-order chi connectivity index (χ0) is 23.3. The molecule has 1 aliphatic rings. The van der Waals surface area contributed by atoms with Gasteiger partial charge in [0.2, 0.25) is 0 Å². The third-order valence-corrected chi connectivity index (χ3v) is 6.93. The molecule has 7 nitrogen and oxygen atoms in total. The zero-order valence-corrected chi connectivity index (χ0v) is 19.1. The Balaban J connectivity index is 1.33. The van der Waals surface area contributed by atoms with Gasteiger partial charge in [-0.25, -0.2) is 8.42 Å². The van der Waals surface area contributed by atoms with Gasteiger partial charge >= 0.3 is 0 Å². The van der Waals surface area contributed by atoms with E-state index in [0.29, 0.717) is 17.2 Å². The molecule has 8 heteroatoms. The summed E-state index contributed by atoms with van der Waals surface area (Å²) in [7, 11) is -2.26. The molecule has 0 radical (unpaired) electrons. The van der Waals surface area contributed by atoms with Crippen molar-refractivity contribution in [3.8, 4) is 11.5 Å². The molecule has 0 aliphatic heterocycles. The number of hydrogen-bond acceptors (Lipinski definition) is 5. The van der Waals surface area contributed by atoms with Gasteiger partial charge in [-0.1, -0.05) is 30.3 Å². The first-order valence-corrected chi connectivity index (χ1v) is 12.2. The first kappa shape index (κ1) is 22.7.